The molecule has 71 valence electrons. The van der Waals surface area contributed by atoms with E-state index in [2.05, 4.69) is 16.4 Å². The molecule has 0 aliphatic carbocycles. The second kappa shape index (κ2) is 3.20. The molecule has 0 saturated heterocycles. The van der Waals surface area contributed by atoms with Crippen LogP contribution in [0.15, 0.2) is 48.5 Å². The van der Waals surface area contributed by atoms with Crippen LogP contribution in [0.25, 0.3) is 16.7 Å². The predicted octanol–water partition coefficient (Wildman–Crippen LogP) is 2.22. The topological polar surface area (TPSA) is 30.7 Å². The maximum absolute atomic E-state index is 4.12. The number of benzene rings is 2. The quantitative estimate of drug-likeness (QED) is 0.594. The summed E-state index contributed by atoms with van der Waals surface area (Å²) < 4.78 is 1.82. The van der Waals surface area contributed by atoms with Crippen LogP contribution in [0.3, 0.4) is 0 Å². The largest absolute Gasteiger partial charge is 0.213 e. The van der Waals surface area contributed by atoms with E-state index < -0.39 is 0 Å². The van der Waals surface area contributed by atoms with Gasteiger partial charge in [-0.25, -0.2) is 4.68 Å². The summed E-state index contributed by atoms with van der Waals surface area (Å²) in [5, 5.41) is 8.22. The van der Waals surface area contributed by atoms with E-state index in [1.54, 1.807) is 0 Å². The molecule has 3 rings (SSSR count). The number of nitrogens with zero attached hydrogens (tertiary/aromatic N) is 3. The predicted molar refractivity (Wildman–Crippen MR) is 57.7 cm³/mol. The third-order valence-electron chi connectivity index (χ3n) is 2.30. The number of aromatic nitrogens is 3. The Morgan fingerprint density at radius 1 is 1.00 bits per heavy atom. The van der Waals surface area contributed by atoms with Crippen molar-refractivity contribution in [2.24, 2.45) is 0 Å². The van der Waals surface area contributed by atoms with Crippen molar-refractivity contribution < 1.29 is 0 Å². The van der Waals surface area contributed by atoms with Crippen LogP contribution in [0.5, 0.6) is 0 Å². The minimum absolute atomic E-state index is 0.908. The minimum atomic E-state index is 0.908. The van der Waals surface area contributed by atoms with E-state index in [9.17, 15) is 0 Å². The Hall–Kier alpha value is -2.16. The SMILES string of the molecule is [c]1ccc(-n2nnc3ccccc32)cc1. The van der Waals surface area contributed by atoms with Crippen LogP contribution < -0.4 is 0 Å². The summed E-state index contributed by atoms with van der Waals surface area (Å²) in [7, 11) is 0. The average Bonchev–Trinajstić information content (AvgIpc) is 2.74. The zero-order valence-electron chi connectivity index (χ0n) is 7.96. The van der Waals surface area contributed by atoms with E-state index >= 15 is 0 Å². The first-order valence-corrected chi connectivity index (χ1v) is 4.72. The lowest BCUT2D eigenvalue weighted by atomic mass is 10.3. The molecule has 0 unspecified atom stereocenters. The molecule has 0 aliphatic rings. The highest BCUT2D eigenvalue weighted by Gasteiger charge is 2.03. The highest BCUT2D eigenvalue weighted by Crippen LogP contribution is 2.14. The zero-order valence-corrected chi connectivity index (χ0v) is 7.96. The number of rotatable bonds is 1. The number of hydrogen-bond acceptors (Lipinski definition) is 2. The second-order valence-corrected chi connectivity index (χ2v) is 3.25. The van der Waals surface area contributed by atoms with Gasteiger partial charge >= 0.3 is 0 Å². The molecule has 3 heteroatoms. The molecule has 0 aliphatic heterocycles. The molecule has 2 aromatic carbocycles. The number of fused-ring (bicyclic) bond motifs is 1. The Balaban J connectivity index is 2.28. The first kappa shape index (κ1) is 8.17. The van der Waals surface area contributed by atoms with Crippen LogP contribution in [-0.2, 0) is 0 Å². The summed E-state index contributed by atoms with van der Waals surface area (Å²) in [4.78, 5) is 0. The van der Waals surface area contributed by atoms with Crippen LogP contribution in [0.1, 0.15) is 0 Å². The number of hydrogen-bond donors (Lipinski definition) is 0. The fourth-order valence-corrected chi connectivity index (χ4v) is 1.58. The zero-order chi connectivity index (χ0) is 10.1. The van der Waals surface area contributed by atoms with E-state index in [1.807, 2.05) is 53.2 Å². The van der Waals surface area contributed by atoms with E-state index in [0.29, 0.717) is 0 Å². The third-order valence-corrected chi connectivity index (χ3v) is 2.30. The van der Waals surface area contributed by atoms with E-state index in [0.717, 1.165) is 16.7 Å². The minimum Gasteiger partial charge on any atom is -0.213 e. The lowest BCUT2D eigenvalue weighted by Crippen LogP contribution is -1.95. The van der Waals surface area contributed by atoms with Gasteiger partial charge in [0.05, 0.1) is 11.2 Å². The lowest BCUT2D eigenvalue weighted by molar-refractivity contribution is 0.824. The molecule has 3 nitrogen and oxygen atoms in total. The number of para-hydroxylation sites is 1. The maximum Gasteiger partial charge on any atom is 0.113 e. The highest BCUT2D eigenvalue weighted by molar-refractivity contribution is 5.75. The van der Waals surface area contributed by atoms with Gasteiger partial charge in [0.25, 0.3) is 0 Å². The summed E-state index contributed by atoms with van der Waals surface area (Å²) in [6.45, 7) is 0. The van der Waals surface area contributed by atoms with Gasteiger partial charge in [-0.2, -0.15) is 0 Å². The highest BCUT2D eigenvalue weighted by atomic mass is 15.4. The molecule has 0 atom stereocenters. The Bertz CT molecular complexity index is 584. The standard InChI is InChI=1S/C12H8N3/c1-2-6-10(7-3-1)15-12-9-5-4-8-11(12)13-14-15/h2-9H. The van der Waals surface area contributed by atoms with E-state index in [4.69, 9.17) is 0 Å². The molecule has 1 heterocycles. The molecule has 1 radical (unpaired) electrons. The van der Waals surface area contributed by atoms with E-state index in [1.165, 1.54) is 0 Å². The molecule has 0 saturated carbocycles. The van der Waals surface area contributed by atoms with Crippen LogP contribution in [0, 0.1) is 6.07 Å². The van der Waals surface area contributed by atoms with Gasteiger partial charge in [0.2, 0.25) is 0 Å². The Kier molecular flexibility index (Phi) is 1.75. The molecule has 1 aromatic heterocycles. The van der Waals surface area contributed by atoms with Crippen molar-refractivity contribution in [3.05, 3.63) is 54.6 Å². The second-order valence-electron chi connectivity index (χ2n) is 3.25. The molecule has 0 bridgehead atoms. The van der Waals surface area contributed by atoms with Crippen LogP contribution >= 0.6 is 0 Å². The summed E-state index contributed by atoms with van der Waals surface area (Å²) in [6.07, 6.45) is 0. The van der Waals surface area contributed by atoms with Crippen LogP contribution in [0.4, 0.5) is 0 Å². The van der Waals surface area contributed by atoms with Crippen LogP contribution in [-0.4, -0.2) is 15.0 Å². The Labute approximate surface area is 87.0 Å². The van der Waals surface area contributed by atoms with Gasteiger partial charge in [-0.3, -0.25) is 0 Å². The van der Waals surface area contributed by atoms with Crippen LogP contribution in [0.2, 0.25) is 0 Å². The Morgan fingerprint density at radius 3 is 2.67 bits per heavy atom. The van der Waals surface area contributed by atoms with Crippen molar-refractivity contribution in [2.45, 2.75) is 0 Å². The third kappa shape index (κ3) is 1.29. The summed E-state index contributed by atoms with van der Waals surface area (Å²) >= 11 is 0. The first-order valence-electron chi connectivity index (χ1n) is 4.72. The molecule has 0 spiro atoms. The molecule has 0 amide bonds. The lowest BCUT2D eigenvalue weighted by Gasteiger charge is -1.99. The summed E-state index contributed by atoms with van der Waals surface area (Å²) in [5.74, 6) is 0. The monoisotopic (exact) mass is 194 g/mol. The smallest absolute Gasteiger partial charge is 0.113 e. The van der Waals surface area contributed by atoms with Gasteiger partial charge in [0.1, 0.15) is 5.52 Å². The van der Waals surface area contributed by atoms with Gasteiger partial charge in [-0.1, -0.05) is 29.5 Å². The van der Waals surface area contributed by atoms with E-state index in [-0.39, 0.29) is 0 Å². The maximum atomic E-state index is 4.12. The molecule has 3 aromatic rings. The fourth-order valence-electron chi connectivity index (χ4n) is 1.58. The summed E-state index contributed by atoms with van der Waals surface area (Å²) in [5.41, 5.74) is 2.93. The fraction of sp³-hybridized carbons (Fsp3) is 0. The van der Waals surface area contributed by atoms with Gasteiger partial charge < -0.3 is 0 Å². The Morgan fingerprint density at radius 2 is 1.80 bits per heavy atom. The summed E-state index contributed by atoms with van der Waals surface area (Å²) in [6, 6.07) is 18.5. The van der Waals surface area contributed by atoms with Gasteiger partial charge in [0, 0.05) is 0 Å². The van der Waals surface area contributed by atoms with Crippen molar-refractivity contribution in [3.8, 4) is 5.69 Å². The van der Waals surface area contributed by atoms with Crippen molar-refractivity contribution in [2.75, 3.05) is 0 Å². The van der Waals surface area contributed by atoms with Crippen molar-refractivity contribution in [1.29, 1.82) is 0 Å². The van der Waals surface area contributed by atoms with Crippen molar-refractivity contribution in [3.63, 3.8) is 0 Å². The van der Waals surface area contributed by atoms with Gasteiger partial charge in [-0.05, 0) is 30.3 Å². The molecular weight excluding hydrogens is 186 g/mol. The van der Waals surface area contributed by atoms with Gasteiger partial charge in [0.15, 0.2) is 0 Å². The molecule has 15 heavy (non-hydrogen) atoms. The van der Waals surface area contributed by atoms with Gasteiger partial charge in [-0.15, -0.1) is 5.10 Å². The molecule has 0 fully saturated rings. The van der Waals surface area contributed by atoms with Crippen molar-refractivity contribution >= 4 is 11.0 Å². The van der Waals surface area contributed by atoms with Crippen molar-refractivity contribution in [1.82, 2.24) is 15.0 Å². The molecular formula is C12H8N3. The molecule has 0 N–H and O–H groups in total. The average molecular weight is 194 g/mol. The normalized spacial score (nSPS) is 10.7. The first-order chi connectivity index (χ1) is 7.45.